The first kappa shape index (κ1) is 21.2. The molecule has 2 aromatic heterocycles. The van der Waals surface area contributed by atoms with E-state index in [2.05, 4.69) is 15.0 Å². The Morgan fingerprint density at radius 2 is 2.20 bits per heavy atom. The number of hydrogen-bond acceptors (Lipinski definition) is 7. The zero-order valence-corrected chi connectivity index (χ0v) is 16.5. The summed E-state index contributed by atoms with van der Waals surface area (Å²) in [5.41, 5.74) is 2.79. The second kappa shape index (κ2) is 9.34. The van der Waals surface area contributed by atoms with Crippen molar-refractivity contribution >= 4 is 47.0 Å². The van der Waals surface area contributed by atoms with Crippen molar-refractivity contribution in [1.29, 1.82) is 0 Å². The molecular weight excluding hydrogens is 410 g/mol. The summed E-state index contributed by atoms with van der Waals surface area (Å²) < 4.78 is 10.3. The molecule has 0 atom stereocenters. The standard InChI is InChI=1S/C21H17N3O5.ClH/c25-8-9-28-21(27)18-17(26)12-29-19(18)16-4-3-13(5-7-22-16)10-14-11-24-20-15(14)2-1-6-23-20;/h1-7,10-11,25H,8-9,12H2,(H,23,24);1H. The summed E-state index contributed by atoms with van der Waals surface area (Å²) in [6, 6.07) is 3.85. The molecule has 0 unspecified atom stereocenters. The Hall–Kier alpha value is -3.49. The highest BCUT2D eigenvalue weighted by molar-refractivity contribution is 6.26. The molecule has 4 rings (SSSR count). The second-order valence-electron chi connectivity index (χ2n) is 6.23. The Morgan fingerprint density at radius 1 is 1.33 bits per heavy atom. The summed E-state index contributed by atoms with van der Waals surface area (Å²) in [6.07, 6.45) is 12.4. The van der Waals surface area contributed by atoms with Crippen molar-refractivity contribution < 1.29 is 24.2 Å². The Bertz CT molecular complexity index is 1140. The van der Waals surface area contributed by atoms with Crippen molar-refractivity contribution in [2.24, 2.45) is 4.99 Å². The molecule has 0 bridgehead atoms. The molecule has 4 heterocycles. The molecule has 2 aromatic rings. The SMILES string of the molecule is Cl.O=C1COC(C2=NC=CC(=Cc3c[nH]c4ncccc34)C=C2)=C1C(=O)OCCO. The van der Waals surface area contributed by atoms with Crippen molar-refractivity contribution in [2.75, 3.05) is 19.8 Å². The first-order valence-corrected chi connectivity index (χ1v) is 8.92. The molecule has 0 fully saturated rings. The molecule has 2 aliphatic rings. The van der Waals surface area contributed by atoms with E-state index < -0.39 is 11.8 Å². The van der Waals surface area contributed by atoms with E-state index in [9.17, 15) is 9.59 Å². The van der Waals surface area contributed by atoms with Gasteiger partial charge in [-0.1, -0.05) is 6.08 Å². The monoisotopic (exact) mass is 427 g/mol. The van der Waals surface area contributed by atoms with Crippen molar-refractivity contribution in [2.45, 2.75) is 0 Å². The molecule has 9 heteroatoms. The summed E-state index contributed by atoms with van der Waals surface area (Å²) in [5, 5.41) is 9.80. The fourth-order valence-electron chi connectivity index (χ4n) is 3.01. The third-order valence-electron chi connectivity index (χ3n) is 4.33. The van der Waals surface area contributed by atoms with E-state index in [1.54, 1.807) is 24.5 Å². The number of fused-ring (bicyclic) bond motifs is 1. The Morgan fingerprint density at radius 3 is 3.03 bits per heavy atom. The zero-order valence-electron chi connectivity index (χ0n) is 15.7. The zero-order chi connectivity index (χ0) is 20.2. The van der Waals surface area contributed by atoms with E-state index in [-0.39, 0.29) is 43.6 Å². The van der Waals surface area contributed by atoms with Crippen molar-refractivity contribution in [3.05, 3.63) is 71.4 Å². The maximum atomic E-state index is 12.1. The van der Waals surface area contributed by atoms with Crippen LogP contribution in [0.1, 0.15) is 5.56 Å². The van der Waals surface area contributed by atoms with Gasteiger partial charge in [-0.15, -0.1) is 12.4 Å². The number of H-pyrrole nitrogens is 1. The highest BCUT2D eigenvalue weighted by atomic mass is 35.5. The topological polar surface area (TPSA) is 114 Å². The average Bonchev–Trinajstić information content (AvgIpc) is 3.23. The number of nitrogens with one attached hydrogen (secondary N) is 1. The minimum Gasteiger partial charge on any atom is -0.482 e. The quantitative estimate of drug-likeness (QED) is 0.559. The van der Waals surface area contributed by atoms with Gasteiger partial charge >= 0.3 is 5.97 Å². The molecule has 30 heavy (non-hydrogen) atoms. The number of pyridine rings is 1. The van der Waals surface area contributed by atoms with Gasteiger partial charge in [0, 0.05) is 29.5 Å². The summed E-state index contributed by atoms with van der Waals surface area (Å²) in [6.45, 7) is -0.775. The summed E-state index contributed by atoms with van der Waals surface area (Å²) >= 11 is 0. The maximum Gasteiger partial charge on any atom is 0.345 e. The molecular formula is C21H18ClN3O5. The number of ketones is 1. The van der Waals surface area contributed by atoms with E-state index >= 15 is 0 Å². The van der Waals surface area contributed by atoms with Gasteiger partial charge in [0.15, 0.2) is 17.9 Å². The molecule has 0 aromatic carbocycles. The van der Waals surface area contributed by atoms with Crippen LogP contribution in [0, 0.1) is 0 Å². The molecule has 2 N–H and O–H groups in total. The third kappa shape index (κ3) is 4.24. The van der Waals surface area contributed by atoms with Crippen LogP contribution >= 0.6 is 12.4 Å². The minimum atomic E-state index is -0.831. The van der Waals surface area contributed by atoms with Crippen LogP contribution in [-0.4, -0.2) is 52.4 Å². The molecule has 0 saturated carbocycles. The van der Waals surface area contributed by atoms with Gasteiger partial charge in [-0.05, 0) is 35.9 Å². The van der Waals surface area contributed by atoms with Gasteiger partial charge in [0.05, 0.1) is 6.61 Å². The lowest BCUT2D eigenvalue weighted by Crippen LogP contribution is -2.18. The number of aliphatic hydroxyl groups excluding tert-OH is 1. The van der Waals surface area contributed by atoms with E-state index in [1.807, 2.05) is 30.5 Å². The highest BCUT2D eigenvalue weighted by Gasteiger charge is 2.34. The second-order valence-corrected chi connectivity index (χ2v) is 6.23. The van der Waals surface area contributed by atoms with Gasteiger partial charge in [0.2, 0.25) is 5.78 Å². The molecule has 0 aliphatic carbocycles. The van der Waals surface area contributed by atoms with E-state index in [1.165, 1.54) is 0 Å². The number of hydrogen-bond donors (Lipinski definition) is 2. The molecule has 154 valence electrons. The lowest BCUT2D eigenvalue weighted by Gasteiger charge is -2.05. The summed E-state index contributed by atoms with van der Waals surface area (Å²) in [5.74, 6) is -1.23. The Balaban J connectivity index is 0.00000256. The van der Waals surface area contributed by atoms with Crippen LogP contribution in [0.4, 0.5) is 0 Å². The lowest BCUT2D eigenvalue weighted by molar-refractivity contribution is -0.141. The normalized spacial score (nSPS) is 17.0. The molecule has 0 radical (unpaired) electrons. The Kier molecular flexibility index (Phi) is 6.61. The van der Waals surface area contributed by atoms with E-state index in [4.69, 9.17) is 14.6 Å². The first-order chi connectivity index (χ1) is 14.2. The van der Waals surface area contributed by atoms with Crippen LogP contribution in [-0.2, 0) is 19.1 Å². The highest BCUT2D eigenvalue weighted by Crippen LogP contribution is 2.23. The summed E-state index contributed by atoms with van der Waals surface area (Å²) in [7, 11) is 0. The van der Waals surface area contributed by atoms with Crippen molar-refractivity contribution in [1.82, 2.24) is 9.97 Å². The van der Waals surface area contributed by atoms with Crippen LogP contribution < -0.4 is 0 Å². The van der Waals surface area contributed by atoms with Gasteiger partial charge in [-0.2, -0.15) is 0 Å². The molecule has 0 saturated heterocycles. The predicted octanol–water partition coefficient (Wildman–Crippen LogP) is 2.28. The van der Waals surface area contributed by atoms with Gasteiger partial charge in [0.25, 0.3) is 0 Å². The Labute approximate surface area is 177 Å². The number of aromatic amines is 1. The fraction of sp³-hybridized carbons (Fsp3) is 0.143. The van der Waals surface area contributed by atoms with Gasteiger partial charge in [-0.25, -0.2) is 9.78 Å². The number of Topliss-reactive ketones (excluding diaryl/α,β-unsaturated/α-hetero) is 1. The average molecular weight is 428 g/mol. The molecule has 2 aliphatic heterocycles. The molecule has 8 nitrogen and oxygen atoms in total. The van der Waals surface area contributed by atoms with Crippen LogP contribution in [0.15, 0.2) is 70.9 Å². The predicted molar refractivity (Wildman–Crippen MR) is 113 cm³/mol. The van der Waals surface area contributed by atoms with Crippen LogP contribution in [0.2, 0.25) is 0 Å². The number of allylic oxidation sites excluding steroid dienone is 4. The number of halogens is 1. The number of aromatic nitrogens is 2. The number of nitrogens with zero attached hydrogens (tertiary/aromatic N) is 2. The van der Waals surface area contributed by atoms with Crippen molar-refractivity contribution in [3.8, 4) is 0 Å². The fourth-order valence-corrected chi connectivity index (χ4v) is 3.01. The summed E-state index contributed by atoms with van der Waals surface area (Å²) in [4.78, 5) is 35.9. The largest absolute Gasteiger partial charge is 0.482 e. The van der Waals surface area contributed by atoms with Crippen molar-refractivity contribution in [3.63, 3.8) is 0 Å². The van der Waals surface area contributed by atoms with Gasteiger partial charge in [0.1, 0.15) is 18.0 Å². The number of carbonyl (C=O) groups excluding carboxylic acids is 2. The van der Waals surface area contributed by atoms with Crippen LogP contribution in [0.25, 0.3) is 17.1 Å². The number of aliphatic imine (C=N–C) groups is 1. The van der Waals surface area contributed by atoms with Crippen LogP contribution in [0.5, 0.6) is 0 Å². The number of esters is 1. The molecule has 0 amide bonds. The van der Waals surface area contributed by atoms with E-state index in [0.717, 1.165) is 22.2 Å². The first-order valence-electron chi connectivity index (χ1n) is 8.92. The van der Waals surface area contributed by atoms with Gasteiger partial charge in [-0.3, -0.25) is 9.79 Å². The number of aliphatic hydroxyl groups is 1. The lowest BCUT2D eigenvalue weighted by atomic mass is 10.1. The number of carbonyl (C=O) groups is 2. The number of ether oxygens (including phenoxy) is 2. The maximum absolute atomic E-state index is 12.1. The smallest absolute Gasteiger partial charge is 0.345 e. The number of rotatable bonds is 5. The molecule has 0 spiro atoms. The van der Waals surface area contributed by atoms with E-state index in [0.29, 0.717) is 5.71 Å². The van der Waals surface area contributed by atoms with Gasteiger partial charge < -0.3 is 19.6 Å². The van der Waals surface area contributed by atoms with Crippen LogP contribution in [0.3, 0.4) is 0 Å². The minimum absolute atomic E-state index is 0. The third-order valence-corrected chi connectivity index (χ3v) is 4.33.